The van der Waals surface area contributed by atoms with Crippen molar-refractivity contribution in [2.75, 3.05) is 7.05 Å². The molecule has 0 spiro atoms. The summed E-state index contributed by atoms with van der Waals surface area (Å²) in [6.45, 7) is 5.13. The van der Waals surface area contributed by atoms with Crippen LogP contribution in [0.4, 0.5) is 0 Å². The van der Waals surface area contributed by atoms with Gasteiger partial charge in [-0.3, -0.25) is 9.59 Å². The number of carbonyl (C=O) groups excluding carboxylic acids is 2. The van der Waals surface area contributed by atoms with Crippen molar-refractivity contribution in [3.05, 3.63) is 35.9 Å². The summed E-state index contributed by atoms with van der Waals surface area (Å²) in [5.41, 5.74) is 0.837. The van der Waals surface area contributed by atoms with Crippen LogP contribution in [-0.4, -0.2) is 46.9 Å². The second-order valence-electron chi connectivity index (χ2n) is 6.06. The third-order valence-electron chi connectivity index (χ3n) is 4.21. The molecule has 2 amide bonds. The molecule has 0 heterocycles. The summed E-state index contributed by atoms with van der Waals surface area (Å²) in [7, 11) is 1.47. The first kappa shape index (κ1) is 19.7. The van der Waals surface area contributed by atoms with E-state index in [1.54, 1.807) is 0 Å². The number of aliphatic carboxylic acids is 1. The van der Waals surface area contributed by atoms with Gasteiger partial charge in [-0.2, -0.15) is 0 Å². The number of nitrogens with one attached hydrogen (secondary N) is 1. The highest BCUT2D eigenvalue weighted by atomic mass is 16.4. The Kier molecular flexibility index (Phi) is 7.42. The van der Waals surface area contributed by atoms with Crippen LogP contribution in [0.25, 0.3) is 0 Å². The fraction of sp³-hybridized carbons (Fsp3) is 0.500. The van der Waals surface area contributed by atoms with Crippen molar-refractivity contribution in [3.8, 4) is 0 Å². The Balaban J connectivity index is 2.98. The van der Waals surface area contributed by atoms with Crippen LogP contribution in [0.1, 0.15) is 32.8 Å². The predicted molar refractivity (Wildman–Crippen MR) is 91.4 cm³/mol. The van der Waals surface area contributed by atoms with Gasteiger partial charge in [-0.15, -0.1) is 0 Å². The van der Waals surface area contributed by atoms with Crippen LogP contribution >= 0.6 is 0 Å². The maximum absolute atomic E-state index is 12.8. The van der Waals surface area contributed by atoms with Gasteiger partial charge in [0.1, 0.15) is 12.1 Å². The number of carboxylic acid groups (broad SMARTS) is 1. The number of nitrogens with zero attached hydrogens (tertiary/aromatic N) is 1. The van der Waals surface area contributed by atoms with Crippen LogP contribution in [0.3, 0.4) is 0 Å². The molecule has 24 heavy (non-hydrogen) atoms. The van der Waals surface area contributed by atoms with Gasteiger partial charge in [0.05, 0.1) is 0 Å². The summed E-state index contributed by atoms with van der Waals surface area (Å²) in [6, 6.07) is 7.45. The average Bonchev–Trinajstić information content (AvgIpc) is 2.56. The molecule has 0 unspecified atom stereocenters. The number of hydrogen-bond acceptors (Lipinski definition) is 3. The second-order valence-corrected chi connectivity index (χ2v) is 6.06. The Morgan fingerprint density at radius 3 is 2.25 bits per heavy atom. The standard InChI is InChI=1S/C18H26N2O4/c1-5-12(2)16(19-13(3)21)17(22)20(4)15(18(23)24)11-14-9-7-6-8-10-14/h6-10,12,15-16H,5,11H2,1-4H3,(H,19,21)(H,23,24)/t12-,15-,16+/m1/s1. The summed E-state index contributed by atoms with van der Waals surface area (Å²) in [5.74, 6) is -1.85. The molecule has 0 fully saturated rings. The van der Waals surface area contributed by atoms with Gasteiger partial charge < -0.3 is 15.3 Å². The van der Waals surface area contributed by atoms with Gasteiger partial charge in [0.2, 0.25) is 11.8 Å². The summed E-state index contributed by atoms with van der Waals surface area (Å²) >= 11 is 0. The van der Waals surface area contributed by atoms with Crippen molar-refractivity contribution >= 4 is 17.8 Å². The highest BCUT2D eigenvalue weighted by molar-refractivity contribution is 5.90. The normalized spacial score (nSPS) is 14.3. The van der Waals surface area contributed by atoms with Gasteiger partial charge in [0, 0.05) is 20.4 Å². The fourth-order valence-corrected chi connectivity index (χ4v) is 2.50. The number of carbonyl (C=O) groups is 3. The van der Waals surface area contributed by atoms with Crippen molar-refractivity contribution < 1.29 is 19.5 Å². The maximum Gasteiger partial charge on any atom is 0.326 e. The summed E-state index contributed by atoms with van der Waals surface area (Å²) < 4.78 is 0. The Morgan fingerprint density at radius 1 is 1.21 bits per heavy atom. The van der Waals surface area contributed by atoms with E-state index < -0.39 is 18.1 Å². The first-order valence-electron chi connectivity index (χ1n) is 8.08. The number of carboxylic acids is 1. The number of amides is 2. The highest BCUT2D eigenvalue weighted by Crippen LogP contribution is 2.15. The molecule has 0 aliphatic rings. The lowest BCUT2D eigenvalue weighted by atomic mass is 9.96. The van der Waals surface area contributed by atoms with E-state index in [4.69, 9.17) is 0 Å². The van der Waals surface area contributed by atoms with Gasteiger partial charge in [0.15, 0.2) is 0 Å². The molecule has 0 bridgehead atoms. The molecule has 0 aliphatic carbocycles. The molecule has 0 aliphatic heterocycles. The molecule has 1 aromatic carbocycles. The lowest BCUT2D eigenvalue weighted by molar-refractivity contribution is -0.150. The highest BCUT2D eigenvalue weighted by Gasteiger charge is 2.33. The lowest BCUT2D eigenvalue weighted by Crippen LogP contribution is -2.54. The van der Waals surface area contributed by atoms with Crippen molar-refractivity contribution in [2.24, 2.45) is 5.92 Å². The quantitative estimate of drug-likeness (QED) is 0.757. The van der Waals surface area contributed by atoms with E-state index in [1.807, 2.05) is 44.2 Å². The fourth-order valence-electron chi connectivity index (χ4n) is 2.50. The van der Waals surface area contributed by atoms with Gasteiger partial charge in [-0.25, -0.2) is 4.79 Å². The zero-order valence-electron chi connectivity index (χ0n) is 14.7. The van der Waals surface area contributed by atoms with E-state index in [2.05, 4.69) is 5.32 Å². The molecular formula is C18H26N2O4. The van der Waals surface area contributed by atoms with Crippen molar-refractivity contribution in [2.45, 2.75) is 45.7 Å². The van der Waals surface area contributed by atoms with Crippen LogP contribution in [0.2, 0.25) is 0 Å². The molecule has 1 rings (SSSR count). The predicted octanol–water partition coefficient (Wildman–Crippen LogP) is 1.69. The average molecular weight is 334 g/mol. The van der Waals surface area contributed by atoms with Gasteiger partial charge in [0.25, 0.3) is 0 Å². The molecule has 0 saturated carbocycles. The van der Waals surface area contributed by atoms with E-state index in [1.165, 1.54) is 18.9 Å². The minimum absolute atomic E-state index is 0.0879. The summed E-state index contributed by atoms with van der Waals surface area (Å²) in [6.07, 6.45) is 0.909. The Bertz CT molecular complexity index is 574. The monoisotopic (exact) mass is 334 g/mol. The van der Waals surface area contributed by atoms with E-state index >= 15 is 0 Å². The SMILES string of the molecule is CC[C@@H](C)[C@H](NC(C)=O)C(=O)N(C)[C@H](Cc1ccccc1)C(=O)O. The zero-order chi connectivity index (χ0) is 18.3. The van der Waals surface area contributed by atoms with E-state index in [0.717, 1.165) is 5.56 Å². The smallest absolute Gasteiger partial charge is 0.326 e. The van der Waals surface area contributed by atoms with E-state index in [0.29, 0.717) is 6.42 Å². The van der Waals surface area contributed by atoms with Crippen molar-refractivity contribution in [1.29, 1.82) is 0 Å². The summed E-state index contributed by atoms with van der Waals surface area (Å²) in [5, 5.41) is 12.2. The number of benzene rings is 1. The molecular weight excluding hydrogens is 308 g/mol. The molecule has 0 radical (unpaired) electrons. The maximum atomic E-state index is 12.8. The van der Waals surface area contributed by atoms with Crippen molar-refractivity contribution in [3.63, 3.8) is 0 Å². The van der Waals surface area contributed by atoms with Crippen LogP contribution < -0.4 is 5.32 Å². The molecule has 0 aromatic heterocycles. The Morgan fingerprint density at radius 2 is 1.79 bits per heavy atom. The van der Waals surface area contributed by atoms with Crippen LogP contribution in [0.15, 0.2) is 30.3 Å². The van der Waals surface area contributed by atoms with Crippen LogP contribution in [0, 0.1) is 5.92 Å². The topological polar surface area (TPSA) is 86.7 Å². The molecule has 0 saturated heterocycles. The first-order valence-corrected chi connectivity index (χ1v) is 8.08. The number of hydrogen-bond donors (Lipinski definition) is 2. The van der Waals surface area contributed by atoms with Gasteiger partial charge in [-0.1, -0.05) is 50.6 Å². The number of rotatable bonds is 8. The zero-order valence-corrected chi connectivity index (χ0v) is 14.7. The summed E-state index contributed by atoms with van der Waals surface area (Å²) in [4.78, 5) is 37.0. The van der Waals surface area contributed by atoms with E-state index in [-0.39, 0.29) is 24.2 Å². The third kappa shape index (κ3) is 5.37. The molecule has 6 heteroatoms. The minimum Gasteiger partial charge on any atom is -0.480 e. The lowest BCUT2D eigenvalue weighted by Gasteiger charge is -2.31. The van der Waals surface area contributed by atoms with Crippen molar-refractivity contribution in [1.82, 2.24) is 10.2 Å². The Labute approximate surface area is 142 Å². The molecule has 6 nitrogen and oxygen atoms in total. The number of likely N-dealkylation sites (N-methyl/N-ethyl adjacent to an activating group) is 1. The van der Waals surface area contributed by atoms with E-state index in [9.17, 15) is 19.5 Å². The van der Waals surface area contributed by atoms with Crippen LogP contribution in [-0.2, 0) is 20.8 Å². The Hall–Kier alpha value is -2.37. The first-order chi connectivity index (χ1) is 11.3. The molecule has 2 N–H and O–H groups in total. The second kappa shape index (κ2) is 9.05. The largest absolute Gasteiger partial charge is 0.480 e. The minimum atomic E-state index is -1.07. The molecule has 3 atom stereocenters. The van der Waals surface area contributed by atoms with Gasteiger partial charge >= 0.3 is 5.97 Å². The van der Waals surface area contributed by atoms with Crippen LogP contribution in [0.5, 0.6) is 0 Å². The molecule has 132 valence electrons. The molecule has 1 aromatic rings. The third-order valence-corrected chi connectivity index (χ3v) is 4.21. The van der Waals surface area contributed by atoms with Gasteiger partial charge in [-0.05, 0) is 11.5 Å².